The average molecular weight is 243 g/mol. The monoisotopic (exact) mass is 243 g/mol. The molecular formula is C12H12F3NO. The van der Waals surface area contributed by atoms with Crippen LogP contribution in [0.2, 0.25) is 0 Å². The minimum atomic E-state index is -4.38. The Morgan fingerprint density at radius 3 is 2.65 bits per heavy atom. The summed E-state index contributed by atoms with van der Waals surface area (Å²) in [6.07, 6.45) is -2.45. The lowest BCUT2D eigenvalue weighted by molar-refractivity contribution is -0.138. The molecule has 0 unspecified atom stereocenters. The molecule has 92 valence electrons. The highest BCUT2D eigenvalue weighted by atomic mass is 19.4. The van der Waals surface area contributed by atoms with Gasteiger partial charge >= 0.3 is 6.18 Å². The van der Waals surface area contributed by atoms with E-state index in [1.165, 1.54) is 18.2 Å². The van der Waals surface area contributed by atoms with Crippen LogP contribution in [-0.2, 0) is 6.18 Å². The van der Waals surface area contributed by atoms with Crippen molar-refractivity contribution in [3.8, 4) is 5.75 Å². The highest BCUT2D eigenvalue weighted by Gasteiger charge is 2.34. The number of halogens is 3. The van der Waals surface area contributed by atoms with Crippen LogP contribution in [0.1, 0.15) is 5.56 Å². The van der Waals surface area contributed by atoms with Crippen LogP contribution >= 0.6 is 0 Å². The molecule has 0 aliphatic carbocycles. The number of hydrogen-bond donors (Lipinski definition) is 1. The zero-order chi connectivity index (χ0) is 12.3. The summed E-state index contributed by atoms with van der Waals surface area (Å²) in [5.74, 6) is -0.118. The van der Waals surface area contributed by atoms with Gasteiger partial charge in [-0.15, -0.1) is 0 Å². The van der Waals surface area contributed by atoms with E-state index in [0.29, 0.717) is 6.54 Å². The third-order valence-corrected chi connectivity index (χ3v) is 2.49. The van der Waals surface area contributed by atoms with Gasteiger partial charge in [0, 0.05) is 13.1 Å². The summed E-state index contributed by atoms with van der Waals surface area (Å²) in [4.78, 5) is 0. The van der Waals surface area contributed by atoms with E-state index in [9.17, 15) is 13.2 Å². The van der Waals surface area contributed by atoms with Crippen molar-refractivity contribution in [3.63, 3.8) is 0 Å². The van der Waals surface area contributed by atoms with Crippen LogP contribution in [0.4, 0.5) is 13.2 Å². The van der Waals surface area contributed by atoms with Crippen molar-refractivity contribution in [1.82, 2.24) is 5.32 Å². The van der Waals surface area contributed by atoms with Gasteiger partial charge in [-0.1, -0.05) is 18.2 Å². The lowest BCUT2D eigenvalue weighted by atomic mass is 10.2. The number of alkyl halides is 3. The second-order valence-corrected chi connectivity index (χ2v) is 3.78. The first-order chi connectivity index (χ1) is 8.07. The molecule has 0 radical (unpaired) electrons. The smallest absolute Gasteiger partial charge is 0.419 e. The molecule has 0 bridgehead atoms. The maximum atomic E-state index is 12.6. The summed E-state index contributed by atoms with van der Waals surface area (Å²) in [5, 5.41) is 3.06. The molecule has 1 N–H and O–H groups in total. The number of hydrogen-bond acceptors (Lipinski definition) is 2. The Hall–Kier alpha value is -1.49. The fraction of sp³-hybridized carbons (Fsp3) is 0.333. The minimum absolute atomic E-state index is 0.118. The molecule has 2 rings (SSSR count). The predicted molar refractivity (Wildman–Crippen MR) is 57.9 cm³/mol. The topological polar surface area (TPSA) is 21.3 Å². The van der Waals surface area contributed by atoms with E-state index in [2.05, 4.69) is 5.32 Å². The number of para-hydroxylation sites is 1. The zero-order valence-corrected chi connectivity index (χ0v) is 9.05. The molecule has 0 amide bonds. The van der Waals surface area contributed by atoms with Gasteiger partial charge in [-0.05, 0) is 17.7 Å². The summed E-state index contributed by atoms with van der Waals surface area (Å²) >= 11 is 0. The number of benzene rings is 1. The van der Waals surface area contributed by atoms with Crippen LogP contribution in [0, 0.1) is 0 Å². The van der Waals surface area contributed by atoms with Gasteiger partial charge < -0.3 is 10.1 Å². The Labute approximate surface area is 97.1 Å². The summed E-state index contributed by atoms with van der Waals surface area (Å²) in [6.45, 7) is 1.62. The largest absolute Gasteiger partial charge is 0.489 e. The van der Waals surface area contributed by atoms with E-state index in [4.69, 9.17) is 4.74 Å². The van der Waals surface area contributed by atoms with E-state index >= 15 is 0 Å². The average Bonchev–Trinajstić information content (AvgIpc) is 2.78. The number of nitrogens with one attached hydrogen (secondary N) is 1. The summed E-state index contributed by atoms with van der Waals surface area (Å²) < 4.78 is 43.1. The second kappa shape index (κ2) is 4.79. The molecule has 0 saturated heterocycles. The van der Waals surface area contributed by atoms with E-state index in [0.717, 1.165) is 18.2 Å². The van der Waals surface area contributed by atoms with Gasteiger partial charge in [0.05, 0.1) is 5.56 Å². The van der Waals surface area contributed by atoms with Gasteiger partial charge in [-0.3, -0.25) is 0 Å². The first-order valence-electron chi connectivity index (χ1n) is 5.25. The highest BCUT2D eigenvalue weighted by Crippen LogP contribution is 2.35. The normalized spacial score (nSPS) is 15.8. The molecule has 1 aliphatic heterocycles. The van der Waals surface area contributed by atoms with Crippen molar-refractivity contribution in [3.05, 3.63) is 41.5 Å². The van der Waals surface area contributed by atoms with Crippen LogP contribution in [0.5, 0.6) is 5.75 Å². The molecule has 1 aliphatic rings. The van der Waals surface area contributed by atoms with Crippen molar-refractivity contribution in [2.75, 3.05) is 19.7 Å². The Morgan fingerprint density at radius 1 is 1.24 bits per heavy atom. The van der Waals surface area contributed by atoms with Crippen molar-refractivity contribution < 1.29 is 17.9 Å². The van der Waals surface area contributed by atoms with Gasteiger partial charge in [0.25, 0.3) is 0 Å². The van der Waals surface area contributed by atoms with Gasteiger partial charge in [-0.2, -0.15) is 13.2 Å². The Morgan fingerprint density at radius 2 is 2.00 bits per heavy atom. The van der Waals surface area contributed by atoms with Crippen LogP contribution in [0.25, 0.3) is 0 Å². The van der Waals surface area contributed by atoms with Gasteiger partial charge in [0.2, 0.25) is 0 Å². The maximum absolute atomic E-state index is 12.6. The van der Waals surface area contributed by atoms with E-state index < -0.39 is 11.7 Å². The first-order valence-corrected chi connectivity index (χ1v) is 5.25. The summed E-state index contributed by atoms with van der Waals surface area (Å²) in [6, 6.07) is 5.25. The molecule has 0 saturated carbocycles. The van der Waals surface area contributed by atoms with Crippen molar-refractivity contribution in [2.45, 2.75) is 6.18 Å². The summed E-state index contributed by atoms with van der Waals surface area (Å²) in [5.41, 5.74) is 0.244. The van der Waals surface area contributed by atoms with Crippen molar-refractivity contribution in [2.24, 2.45) is 0 Å². The molecule has 0 spiro atoms. The molecule has 17 heavy (non-hydrogen) atoms. The van der Waals surface area contributed by atoms with Gasteiger partial charge in [0.15, 0.2) is 0 Å². The fourth-order valence-electron chi connectivity index (χ4n) is 1.63. The lowest BCUT2D eigenvalue weighted by Crippen LogP contribution is -2.13. The molecule has 0 aromatic heterocycles. The second-order valence-electron chi connectivity index (χ2n) is 3.78. The van der Waals surface area contributed by atoms with E-state index in [1.807, 2.05) is 6.08 Å². The Bertz CT molecular complexity index is 426. The van der Waals surface area contributed by atoms with Crippen molar-refractivity contribution in [1.29, 1.82) is 0 Å². The third-order valence-electron chi connectivity index (χ3n) is 2.49. The van der Waals surface area contributed by atoms with Crippen LogP contribution in [-0.4, -0.2) is 19.7 Å². The number of rotatable bonds is 3. The fourth-order valence-corrected chi connectivity index (χ4v) is 1.63. The van der Waals surface area contributed by atoms with Crippen LogP contribution in [0.3, 0.4) is 0 Å². The molecule has 5 heteroatoms. The maximum Gasteiger partial charge on any atom is 0.419 e. The first kappa shape index (κ1) is 12.0. The van der Waals surface area contributed by atoms with E-state index in [-0.39, 0.29) is 12.4 Å². The molecule has 1 aromatic rings. The summed E-state index contributed by atoms with van der Waals surface area (Å²) in [7, 11) is 0. The molecule has 2 nitrogen and oxygen atoms in total. The van der Waals surface area contributed by atoms with Gasteiger partial charge in [0.1, 0.15) is 12.4 Å². The third kappa shape index (κ3) is 3.00. The standard InChI is InChI=1S/C12H12F3NO/c13-12(14,15)10-3-1-2-4-11(10)17-8-9-5-6-16-7-9/h1-5,16H,6-8H2. The predicted octanol–water partition coefficient (Wildman–Crippen LogP) is 2.61. The molecule has 0 fully saturated rings. The van der Waals surface area contributed by atoms with Gasteiger partial charge in [-0.25, -0.2) is 0 Å². The quantitative estimate of drug-likeness (QED) is 0.824. The van der Waals surface area contributed by atoms with Crippen LogP contribution in [0.15, 0.2) is 35.9 Å². The Balaban J connectivity index is 2.09. The number of ether oxygens (including phenoxy) is 1. The molecular weight excluding hydrogens is 231 g/mol. The van der Waals surface area contributed by atoms with Crippen LogP contribution < -0.4 is 10.1 Å². The minimum Gasteiger partial charge on any atom is -0.489 e. The molecule has 1 aromatic carbocycles. The van der Waals surface area contributed by atoms with Crippen molar-refractivity contribution >= 4 is 0 Å². The SMILES string of the molecule is FC(F)(F)c1ccccc1OCC1=CCNC1. The molecule has 0 atom stereocenters. The zero-order valence-electron chi connectivity index (χ0n) is 9.05. The Kier molecular flexibility index (Phi) is 3.38. The highest BCUT2D eigenvalue weighted by molar-refractivity contribution is 5.36. The molecule has 1 heterocycles. The van der Waals surface area contributed by atoms with E-state index in [1.54, 1.807) is 0 Å². The lowest BCUT2D eigenvalue weighted by Gasteiger charge is -2.13.